The van der Waals surface area contributed by atoms with Gasteiger partial charge in [0.25, 0.3) is 0 Å². The van der Waals surface area contributed by atoms with E-state index in [1.807, 2.05) is 0 Å². The molecule has 0 unspecified atom stereocenters. The van der Waals surface area contributed by atoms with E-state index in [0.29, 0.717) is 0 Å². The van der Waals surface area contributed by atoms with Crippen molar-refractivity contribution >= 4 is 0 Å². The number of hydrogen-bond donors (Lipinski definition) is 0. The molecule has 0 nitrogen and oxygen atoms in total. The molecule has 0 aliphatic carbocycles. The van der Waals surface area contributed by atoms with Crippen LogP contribution in [0.3, 0.4) is 0 Å². The minimum Gasteiger partial charge on any atom is -0.0886 e. The molecule has 0 aromatic carbocycles. The van der Waals surface area contributed by atoms with Gasteiger partial charge in [0.05, 0.1) is 13.3 Å². The first kappa shape index (κ1) is 6.61. The van der Waals surface area contributed by atoms with Crippen LogP contribution in [0.15, 0.2) is 11.6 Å². The van der Waals surface area contributed by atoms with Crippen LogP contribution in [0.1, 0.15) is 26.7 Å². The van der Waals surface area contributed by atoms with Gasteiger partial charge < -0.3 is 0 Å². The van der Waals surface area contributed by atoms with Crippen molar-refractivity contribution < 1.29 is 0 Å². The molecule has 0 saturated carbocycles. The van der Waals surface area contributed by atoms with Gasteiger partial charge in [-0.25, -0.2) is 0 Å². The van der Waals surface area contributed by atoms with Gasteiger partial charge in [-0.15, -0.1) is 0 Å². The van der Waals surface area contributed by atoms with Gasteiger partial charge in [0.15, 0.2) is 0 Å². The van der Waals surface area contributed by atoms with Crippen molar-refractivity contribution in [2.75, 3.05) is 0 Å². The largest absolute Gasteiger partial charge is 0.0887 e. The molecule has 0 spiro atoms. The van der Waals surface area contributed by atoms with E-state index in [4.69, 9.17) is 0 Å². The van der Waals surface area contributed by atoms with Gasteiger partial charge in [0, 0.05) is 6.42 Å². The molecule has 0 aliphatic rings. The molecule has 40 valence electrons. The highest BCUT2D eigenvalue weighted by atomic mass is 13.9. The Morgan fingerprint density at radius 2 is 2.29 bits per heavy atom. The fourth-order valence-electron chi connectivity index (χ4n) is 0.423. The molecule has 0 heterocycles. The maximum absolute atomic E-state index is 3.73. The van der Waals surface area contributed by atoms with Crippen molar-refractivity contribution in [2.45, 2.75) is 26.7 Å². The summed E-state index contributed by atoms with van der Waals surface area (Å²) in [6, 6.07) is 0. The van der Waals surface area contributed by atoms with Crippen molar-refractivity contribution in [2.24, 2.45) is 0 Å². The molecule has 0 rings (SSSR count). The Morgan fingerprint density at radius 3 is 2.43 bits per heavy atom. The SMILES string of the molecule is [CH2+]CCC(C)=CC. The first-order valence-electron chi connectivity index (χ1n) is 2.72. The highest BCUT2D eigenvalue weighted by molar-refractivity contribution is 4.94. The van der Waals surface area contributed by atoms with Gasteiger partial charge in [0.1, 0.15) is 0 Å². The van der Waals surface area contributed by atoms with Gasteiger partial charge in [-0.1, -0.05) is 11.6 Å². The smallest absolute Gasteiger partial charge is 0.0886 e. The lowest BCUT2D eigenvalue weighted by atomic mass is 10.2. The van der Waals surface area contributed by atoms with Gasteiger partial charge in [-0.05, 0) is 13.8 Å². The summed E-state index contributed by atoms with van der Waals surface area (Å²) in [7, 11) is 0. The van der Waals surface area contributed by atoms with E-state index in [2.05, 4.69) is 26.8 Å². The van der Waals surface area contributed by atoms with Crippen LogP contribution in [-0.4, -0.2) is 0 Å². The summed E-state index contributed by atoms with van der Waals surface area (Å²) in [5.74, 6) is 0. The van der Waals surface area contributed by atoms with E-state index in [1.165, 1.54) is 5.57 Å². The molecule has 0 aromatic heterocycles. The molecule has 0 fully saturated rings. The fourth-order valence-corrected chi connectivity index (χ4v) is 0.423. The van der Waals surface area contributed by atoms with E-state index in [-0.39, 0.29) is 0 Å². The third kappa shape index (κ3) is 3.44. The highest BCUT2D eigenvalue weighted by Gasteiger charge is 1.84. The molecule has 0 atom stereocenters. The summed E-state index contributed by atoms with van der Waals surface area (Å²) in [4.78, 5) is 0. The summed E-state index contributed by atoms with van der Waals surface area (Å²) in [5.41, 5.74) is 1.44. The molecule has 7 heavy (non-hydrogen) atoms. The van der Waals surface area contributed by atoms with E-state index in [0.717, 1.165) is 12.8 Å². The van der Waals surface area contributed by atoms with Crippen molar-refractivity contribution in [3.63, 3.8) is 0 Å². The minimum absolute atomic E-state index is 1.02. The Kier molecular flexibility index (Phi) is 3.58. The van der Waals surface area contributed by atoms with E-state index >= 15 is 0 Å². The van der Waals surface area contributed by atoms with Crippen LogP contribution >= 0.6 is 0 Å². The van der Waals surface area contributed by atoms with Crippen LogP contribution in [0, 0.1) is 6.92 Å². The van der Waals surface area contributed by atoms with Crippen LogP contribution in [0.2, 0.25) is 0 Å². The molecule has 0 saturated heterocycles. The lowest BCUT2D eigenvalue weighted by molar-refractivity contribution is 0.972. The lowest BCUT2D eigenvalue weighted by Crippen LogP contribution is -1.70. The second-order valence-electron chi connectivity index (χ2n) is 1.74. The number of rotatable bonds is 2. The van der Waals surface area contributed by atoms with Gasteiger partial charge >= 0.3 is 0 Å². The quantitative estimate of drug-likeness (QED) is 0.367. The summed E-state index contributed by atoms with van der Waals surface area (Å²) in [6.45, 7) is 7.92. The van der Waals surface area contributed by atoms with E-state index in [1.54, 1.807) is 0 Å². The maximum atomic E-state index is 3.73. The Balaban J connectivity index is 3.17. The maximum Gasteiger partial charge on any atom is 0.0887 e. The molecule has 0 amide bonds. The molecule has 0 aliphatic heterocycles. The predicted molar refractivity (Wildman–Crippen MR) is 34.0 cm³/mol. The Labute approximate surface area is 46.2 Å². The Morgan fingerprint density at radius 1 is 1.71 bits per heavy atom. The first-order valence-corrected chi connectivity index (χ1v) is 2.72. The normalized spacial score (nSPS) is 12.0. The first-order chi connectivity index (χ1) is 3.31. The lowest BCUT2D eigenvalue weighted by Gasteiger charge is -1.87. The predicted octanol–water partition coefficient (Wildman–Crippen LogP) is 2.57. The second kappa shape index (κ2) is 3.79. The average molecular weight is 97.2 g/mol. The molecular weight excluding hydrogens is 84.1 g/mol. The van der Waals surface area contributed by atoms with Crippen molar-refractivity contribution in [3.8, 4) is 0 Å². The molecule has 0 N–H and O–H groups in total. The van der Waals surface area contributed by atoms with Crippen molar-refractivity contribution in [1.82, 2.24) is 0 Å². The molecule has 0 aromatic rings. The molecule has 0 heteroatoms. The van der Waals surface area contributed by atoms with Crippen LogP contribution in [-0.2, 0) is 0 Å². The second-order valence-corrected chi connectivity index (χ2v) is 1.74. The monoisotopic (exact) mass is 97.1 g/mol. The number of hydrogen-bond acceptors (Lipinski definition) is 0. The highest BCUT2D eigenvalue weighted by Crippen LogP contribution is 2.00. The fraction of sp³-hybridized carbons (Fsp3) is 0.571. The topological polar surface area (TPSA) is 0 Å². The zero-order chi connectivity index (χ0) is 5.70. The molecule has 0 radical (unpaired) electrons. The minimum atomic E-state index is 1.02. The summed E-state index contributed by atoms with van der Waals surface area (Å²) >= 11 is 0. The molecular formula is C7H13+. The zero-order valence-corrected chi connectivity index (χ0v) is 5.20. The Bertz CT molecular complexity index is 60.4. The third-order valence-electron chi connectivity index (χ3n) is 1.06. The van der Waals surface area contributed by atoms with Gasteiger partial charge in [-0.3, -0.25) is 0 Å². The molecule has 0 bridgehead atoms. The van der Waals surface area contributed by atoms with Crippen molar-refractivity contribution in [3.05, 3.63) is 18.6 Å². The van der Waals surface area contributed by atoms with Crippen molar-refractivity contribution in [1.29, 1.82) is 0 Å². The number of allylic oxidation sites excluding steroid dienone is 2. The summed E-state index contributed by atoms with van der Waals surface area (Å²) < 4.78 is 0. The van der Waals surface area contributed by atoms with E-state index in [9.17, 15) is 0 Å². The summed E-state index contributed by atoms with van der Waals surface area (Å²) in [5, 5.41) is 0. The van der Waals surface area contributed by atoms with Gasteiger partial charge in [-0.2, -0.15) is 0 Å². The Hall–Kier alpha value is -0.390. The van der Waals surface area contributed by atoms with Crippen LogP contribution in [0.5, 0.6) is 0 Å². The third-order valence-corrected chi connectivity index (χ3v) is 1.06. The standard InChI is InChI=1S/C7H13/c1-4-6-7(3)5-2/h5H,1,4,6H2,2-3H3/q+1. The van der Waals surface area contributed by atoms with Crippen LogP contribution < -0.4 is 0 Å². The summed E-state index contributed by atoms with van der Waals surface area (Å²) in [6.07, 6.45) is 4.30. The van der Waals surface area contributed by atoms with Crippen LogP contribution in [0.4, 0.5) is 0 Å². The van der Waals surface area contributed by atoms with Gasteiger partial charge in [0.2, 0.25) is 0 Å². The van der Waals surface area contributed by atoms with E-state index < -0.39 is 0 Å². The average Bonchev–Trinajstić information content (AvgIpc) is 1.68. The zero-order valence-electron chi connectivity index (χ0n) is 5.20. The van der Waals surface area contributed by atoms with Crippen LogP contribution in [0.25, 0.3) is 0 Å².